The van der Waals surface area contributed by atoms with E-state index < -0.39 is 0 Å². The lowest BCUT2D eigenvalue weighted by atomic mass is 10.1. The van der Waals surface area contributed by atoms with Gasteiger partial charge in [0.2, 0.25) is 0 Å². The van der Waals surface area contributed by atoms with E-state index in [9.17, 15) is 0 Å². The summed E-state index contributed by atoms with van der Waals surface area (Å²) in [5, 5.41) is 2.90. The molecule has 0 saturated carbocycles. The number of anilines is 2. The molecule has 5 heteroatoms. The van der Waals surface area contributed by atoms with Crippen LogP contribution in [0.25, 0.3) is 11.1 Å². The van der Waals surface area contributed by atoms with Crippen molar-refractivity contribution in [1.29, 1.82) is 0 Å². The van der Waals surface area contributed by atoms with Crippen LogP contribution in [0, 0.1) is 0 Å². The average molecular weight is 234 g/mol. The van der Waals surface area contributed by atoms with Gasteiger partial charge < -0.3 is 20.4 Å². The second-order valence-corrected chi connectivity index (χ2v) is 4.30. The molecule has 1 aromatic carbocycles. The molecule has 0 bridgehead atoms. The molecular weight excluding hydrogens is 216 g/mol. The van der Waals surface area contributed by atoms with Crippen LogP contribution >= 0.6 is 0 Å². The third kappa shape index (κ3) is 2.34. The topological polar surface area (TPSA) is 67.3 Å². The zero-order valence-corrected chi connectivity index (χ0v) is 10.4. The number of hydrogen-bond donors (Lipinski definition) is 2. The number of nitrogens with zero attached hydrogens (tertiary/aromatic N) is 2. The third-order valence-electron chi connectivity index (χ3n) is 2.72. The Morgan fingerprint density at radius 3 is 2.82 bits per heavy atom. The molecule has 0 aliphatic heterocycles. The Bertz CT molecular complexity index is 518. The summed E-state index contributed by atoms with van der Waals surface area (Å²) in [4.78, 5) is 6.52. The number of nitrogens with one attached hydrogen (secondary N) is 1. The van der Waals surface area contributed by atoms with Crippen molar-refractivity contribution < 1.29 is 4.42 Å². The summed E-state index contributed by atoms with van der Waals surface area (Å²) in [6, 6.07) is 4.26. The van der Waals surface area contributed by atoms with Gasteiger partial charge in [-0.15, -0.1) is 0 Å². The maximum absolute atomic E-state index is 6.00. The number of oxazole rings is 1. The van der Waals surface area contributed by atoms with Gasteiger partial charge >= 0.3 is 0 Å². The fourth-order valence-electron chi connectivity index (χ4n) is 1.77. The Morgan fingerprint density at radius 1 is 1.41 bits per heavy atom. The molecule has 2 rings (SSSR count). The highest BCUT2D eigenvalue weighted by Gasteiger charge is 2.12. The van der Waals surface area contributed by atoms with Crippen molar-refractivity contribution in [3.8, 4) is 0 Å². The van der Waals surface area contributed by atoms with Gasteiger partial charge in [0, 0.05) is 24.8 Å². The second-order valence-electron chi connectivity index (χ2n) is 4.30. The van der Waals surface area contributed by atoms with E-state index in [1.54, 1.807) is 7.05 Å². The lowest BCUT2D eigenvalue weighted by molar-refractivity contribution is 0.414. The number of likely N-dealkylation sites (N-methyl/N-ethyl adjacent to an activating group) is 1. The van der Waals surface area contributed by atoms with Gasteiger partial charge in [-0.25, -0.2) is 0 Å². The molecule has 92 valence electrons. The minimum atomic E-state index is 0.525. The van der Waals surface area contributed by atoms with Gasteiger partial charge in [0.15, 0.2) is 5.58 Å². The van der Waals surface area contributed by atoms with Crippen LogP contribution < -0.4 is 11.1 Å². The van der Waals surface area contributed by atoms with E-state index >= 15 is 0 Å². The summed E-state index contributed by atoms with van der Waals surface area (Å²) >= 11 is 0. The van der Waals surface area contributed by atoms with Crippen LogP contribution in [0.2, 0.25) is 0 Å². The largest absolute Gasteiger partial charge is 0.424 e. The van der Waals surface area contributed by atoms with Crippen molar-refractivity contribution in [1.82, 2.24) is 9.88 Å². The Labute approximate surface area is 101 Å². The zero-order chi connectivity index (χ0) is 12.4. The molecule has 17 heavy (non-hydrogen) atoms. The van der Waals surface area contributed by atoms with Gasteiger partial charge in [-0.3, -0.25) is 0 Å². The number of nitrogen functional groups attached to an aromatic ring is 1. The molecule has 3 N–H and O–H groups in total. The molecule has 0 fully saturated rings. The van der Waals surface area contributed by atoms with Crippen LogP contribution in [0.3, 0.4) is 0 Å². The number of nitrogens with two attached hydrogens (primary N) is 1. The highest BCUT2D eigenvalue weighted by atomic mass is 16.4. The second kappa shape index (κ2) is 4.63. The lowest BCUT2D eigenvalue weighted by Gasteiger charge is -2.10. The highest BCUT2D eigenvalue weighted by molar-refractivity contribution is 5.83. The highest BCUT2D eigenvalue weighted by Crippen LogP contribution is 2.26. The van der Waals surface area contributed by atoms with Crippen molar-refractivity contribution in [2.45, 2.75) is 6.42 Å². The molecule has 0 aliphatic rings. The number of rotatable bonds is 4. The maximum Gasteiger partial charge on any atom is 0.295 e. The zero-order valence-electron chi connectivity index (χ0n) is 10.4. The first-order chi connectivity index (χ1) is 8.11. The van der Waals surface area contributed by atoms with E-state index in [2.05, 4.69) is 15.2 Å². The third-order valence-corrected chi connectivity index (χ3v) is 2.72. The van der Waals surface area contributed by atoms with Gasteiger partial charge in [-0.2, -0.15) is 4.98 Å². The summed E-state index contributed by atoms with van der Waals surface area (Å²) < 4.78 is 5.53. The monoisotopic (exact) mass is 234 g/mol. The van der Waals surface area contributed by atoms with Gasteiger partial charge in [0.25, 0.3) is 6.01 Å². The summed E-state index contributed by atoms with van der Waals surface area (Å²) in [6.45, 7) is 0.936. The summed E-state index contributed by atoms with van der Waals surface area (Å²) in [7, 11) is 5.86. The first kappa shape index (κ1) is 11.7. The first-order valence-corrected chi connectivity index (χ1v) is 5.62. The molecule has 0 unspecified atom stereocenters. The van der Waals surface area contributed by atoms with Crippen LogP contribution in [-0.2, 0) is 6.42 Å². The molecule has 5 nitrogen and oxygen atoms in total. The Kier molecular flexibility index (Phi) is 3.19. The van der Waals surface area contributed by atoms with Crippen molar-refractivity contribution >= 4 is 22.8 Å². The number of aromatic nitrogens is 1. The fraction of sp³-hybridized carbons (Fsp3) is 0.417. The molecule has 0 radical (unpaired) electrons. The van der Waals surface area contributed by atoms with E-state index in [0.29, 0.717) is 6.01 Å². The molecule has 0 atom stereocenters. The van der Waals surface area contributed by atoms with Crippen LogP contribution in [0.4, 0.5) is 11.7 Å². The molecule has 0 saturated heterocycles. The van der Waals surface area contributed by atoms with E-state index in [-0.39, 0.29) is 0 Å². The van der Waals surface area contributed by atoms with Crippen LogP contribution in [0.15, 0.2) is 16.5 Å². The minimum Gasteiger partial charge on any atom is -0.424 e. The molecule has 2 aromatic rings. The quantitative estimate of drug-likeness (QED) is 0.786. The van der Waals surface area contributed by atoms with Crippen molar-refractivity contribution in [2.75, 3.05) is 38.7 Å². The van der Waals surface area contributed by atoms with Gasteiger partial charge in [0.1, 0.15) is 5.52 Å². The Hall–Kier alpha value is -1.75. The normalized spacial score (nSPS) is 11.3. The molecule has 1 heterocycles. The predicted molar refractivity (Wildman–Crippen MR) is 70.2 cm³/mol. The molecular formula is C12H18N4O. The Balaban J connectivity index is 2.43. The van der Waals surface area contributed by atoms with E-state index in [1.807, 2.05) is 26.2 Å². The van der Waals surface area contributed by atoms with E-state index in [0.717, 1.165) is 35.3 Å². The maximum atomic E-state index is 6.00. The van der Waals surface area contributed by atoms with Crippen LogP contribution in [0.1, 0.15) is 5.56 Å². The predicted octanol–water partition coefficient (Wildman–Crippen LogP) is 1.56. The molecule has 0 aliphatic carbocycles. The summed E-state index contributed by atoms with van der Waals surface area (Å²) in [5.74, 6) is 0. The minimum absolute atomic E-state index is 0.525. The number of benzene rings is 1. The van der Waals surface area contributed by atoms with Gasteiger partial charge in [-0.05, 0) is 32.6 Å². The fourth-order valence-corrected chi connectivity index (χ4v) is 1.77. The number of hydrogen-bond acceptors (Lipinski definition) is 5. The van der Waals surface area contributed by atoms with Gasteiger partial charge in [0.05, 0.1) is 0 Å². The molecule has 0 spiro atoms. The van der Waals surface area contributed by atoms with Crippen LogP contribution in [0.5, 0.6) is 0 Å². The van der Waals surface area contributed by atoms with Crippen molar-refractivity contribution in [3.63, 3.8) is 0 Å². The molecule has 1 aromatic heterocycles. The van der Waals surface area contributed by atoms with Gasteiger partial charge in [-0.1, -0.05) is 0 Å². The standard InChI is InChI=1S/C12H18N4O/c1-14-12-15-11-8(6-7-16(2)3)9(13)4-5-10(11)17-12/h4-5H,6-7,13H2,1-3H3,(H,14,15). The summed E-state index contributed by atoms with van der Waals surface area (Å²) in [6.07, 6.45) is 0.867. The van der Waals surface area contributed by atoms with Crippen molar-refractivity contribution in [2.24, 2.45) is 0 Å². The average Bonchev–Trinajstić information content (AvgIpc) is 2.70. The van der Waals surface area contributed by atoms with Crippen LogP contribution in [-0.4, -0.2) is 37.6 Å². The SMILES string of the molecule is CNc1nc2c(CCN(C)C)c(N)ccc2o1. The Morgan fingerprint density at radius 2 is 2.18 bits per heavy atom. The number of fused-ring (bicyclic) bond motifs is 1. The lowest BCUT2D eigenvalue weighted by Crippen LogP contribution is -2.15. The van der Waals surface area contributed by atoms with Crippen molar-refractivity contribution in [3.05, 3.63) is 17.7 Å². The first-order valence-electron chi connectivity index (χ1n) is 5.62. The smallest absolute Gasteiger partial charge is 0.295 e. The summed E-state index contributed by atoms with van der Waals surface area (Å²) in [5.41, 5.74) is 9.47. The van der Waals surface area contributed by atoms with E-state index in [4.69, 9.17) is 10.2 Å². The van der Waals surface area contributed by atoms with E-state index in [1.165, 1.54) is 0 Å². The molecule has 0 amide bonds.